The largest absolute Gasteiger partial charge is 0.481 e. The van der Waals surface area contributed by atoms with Crippen molar-refractivity contribution in [1.29, 1.82) is 0 Å². The third-order valence-electron chi connectivity index (χ3n) is 5.14. The number of carbonyl (C=O) groups excluding carboxylic acids is 1. The Balaban J connectivity index is 1.71. The van der Waals surface area contributed by atoms with Crippen molar-refractivity contribution in [3.8, 4) is 0 Å². The van der Waals surface area contributed by atoms with E-state index in [0.29, 0.717) is 25.6 Å². The number of hydrogen-bond donors (Lipinski definition) is 2. The van der Waals surface area contributed by atoms with Gasteiger partial charge in [-0.3, -0.25) is 9.69 Å². The molecule has 0 saturated carbocycles. The molecule has 6 nitrogen and oxygen atoms in total. The molecule has 6 heteroatoms. The zero-order valence-corrected chi connectivity index (χ0v) is 15.4. The highest BCUT2D eigenvalue weighted by atomic mass is 16.4. The van der Waals surface area contributed by atoms with Crippen molar-refractivity contribution in [2.24, 2.45) is 5.41 Å². The van der Waals surface area contributed by atoms with Crippen LogP contribution >= 0.6 is 0 Å². The first-order valence-corrected chi connectivity index (χ1v) is 8.82. The van der Waals surface area contributed by atoms with E-state index >= 15 is 0 Å². The van der Waals surface area contributed by atoms with Crippen LogP contribution in [0.2, 0.25) is 0 Å². The summed E-state index contributed by atoms with van der Waals surface area (Å²) in [5.41, 5.74) is 0.450. The molecule has 0 spiro atoms. The van der Waals surface area contributed by atoms with Crippen LogP contribution in [0, 0.1) is 5.41 Å². The lowest BCUT2D eigenvalue weighted by atomic mass is 9.90. The second-order valence-corrected chi connectivity index (χ2v) is 7.31. The molecule has 2 atom stereocenters. The van der Waals surface area contributed by atoms with E-state index in [2.05, 4.69) is 36.3 Å². The van der Waals surface area contributed by atoms with Crippen LogP contribution < -0.4 is 5.32 Å². The van der Waals surface area contributed by atoms with E-state index in [1.54, 1.807) is 11.8 Å². The molecule has 2 amide bonds. The minimum absolute atomic E-state index is 0.164. The first kappa shape index (κ1) is 19.2. The molecule has 25 heavy (non-hydrogen) atoms. The molecule has 1 aromatic carbocycles. The zero-order valence-electron chi connectivity index (χ0n) is 15.4. The summed E-state index contributed by atoms with van der Waals surface area (Å²) in [4.78, 5) is 27.3. The Hall–Kier alpha value is -2.08. The zero-order chi connectivity index (χ0) is 18.4. The summed E-state index contributed by atoms with van der Waals surface area (Å²) in [7, 11) is 2.08. The average Bonchev–Trinajstić information content (AvgIpc) is 2.99. The highest BCUT2D eigenvalue weighted by Gasteiger charge is 2.42. The van der Waals surface area contributed by atoms with E-state index in [4.69, 9.17) is 0 Å². The van der Waals surface area contributed by atoms with Crippen molar-refractivity contribution in [2.45, 2.75) is 39.3 Å². The molecule has 1 aromatic rings. The summed E-state index contributed by atoms with van der Waals surface area (Å²) in [6.45, 7) is 6.07. The molecule has 1 aliphatic heterocycles. The minimum Gasteiger partial charge on any atom is -0.481 e. The predicted octanol–water partition coefficient (Wildman–Crippen LogP) is 2.40. The van der Waals surface area contributed by atoms with E-state index in [-0.39, 0.29) is 12.6 Å². The molecule has 0 bridgehead atoms. The van der Waals surface area contributed by atoms with Gasteiger partial charge in [0.15, 0.2) is 0 Å². The van der Waals surface area contributed by atoms with Gasteiger partial charge in [0, 0.05) is 32.2 Å². The van der Waals surface area contributed by atoms with Gasteiger partial charge in [0.1, 0.15) is 0 Å². The van der Waals surface area contributed by atoms with Gasteiger partial charge < -0.3 is 15.3 Å². The van der Waals surface area contributed by atoms with Crippen LogP contribution in [0.25, 0.3) is 0 Å². The van der Waals surface area contributed by atoms with Crippen molar-refractivity contribution in [3.05, 3.63) is 35.9 Å². The minimum atomic E-state index is -0.834. The summed E-state index contributed by atoms with van der Waals surface area (Å²) in [6.07, 6.45) is 1.35. The lowest BCUT2D eigenvalue weighted by Gasteiger charge is -2.25. The second kappa shape index (κ2) is 8.34. The number of nitrogens with one attached hydrogen (secondary N) is 1. The van der Waals surface area contributed by atoms with Crippen LogP contribution in [0.3, 0.4) is 0 Å². The van der Waals surface area contributed by atoms with Gasteiger partial charge in [0.2, 0.25) is 0 Å². The van der Waals surface area contributed by atoms with E-state index < -0.39 is 11.4 Å². The second-order valence-electron chi connectivity index (χ2n) is 7.31. The van der Waals surface area contributed by atoms with Crippen LogP contribution in [-0.2, 0) is 11.3 Å². The molecule has 0 radical (unpaired) electrons. The molecule has 1 fully saturated rings. The third kappa shape index (κ3) is 5.19. The van der Waals surface area contributed by atoms with Crippen LogP contribution in [0.15, 0.2) is 30.3 Å². The number of amides is 2. The highest BCUT2D eigenvalue weighted by Crippen LogP contribution is 2.29. The van der Waals surface area contributed by atoms with Gasteiger partial charge in [0.25, 0.3) is 0 Å². The summed E-state index contributed by atoms with van der Waals surface area (Å²) in [6, 6.07) is 10.5. The fourth-order valence-corrected chi connectivity index (χ4v) is 3.06. The SMILES string of the molecule is CC(CCNC(=O)N1CCC(C)(C(=O)O)C1)N(C)Cc1ccccc1. The first-order valence-electron chi connectivity index (χ1n) is 8.82. The number of aliphatic carboxylic acids is 1. The number of nitrogens with zero attached hydrogens (tertiary/aromatic N) is 2. The van der Waals surface area contributed by atoms with Crippen LogP contribution in [-0.4, -0.2) is 59.6 Å². The summed E-state index contributed by atoms with van der Waals surface area (Å²) < 4.78 is 0. The van der Waals surface area contributed by atoms with Crippen molar-refractivity contribution in [2.75, 3.05) is 26.7 Å². The van der Waals surface area contributed by atoms with Gasteiger partial charge in [-0.2, -0.15) is 0 Å². The number of hydrogen-bond acceptors (Lipinski definition) is 3. The molecule has 2 N–H and O–H groups in total. The normalized spacial score (nSPS) is 21.4. The van der Waals surface area contributed by atoms with E-state index in [0.717, 1.165) is 13.0 Å². The van der Waals surface area contributed by atoms with Crippen molar-refractivity contribution < 1.29 is 14.7 Å². The molecular weight excluding hydrogens is 318 g/mol. The quantitative estimate of drug-likeness (QED) is 0.794. The Kier molecular flexibility index (Phi) is 6.42. The van der Waals surface area contributed by atoms with Crippen molar-refractivity contribution >= 4 is 12.0 Å². The lowest BCUT2D eigenvalue weighted by molar-refractivity contribution is -0.146. The fourth-order valence-electron chi connectivity index (χ4n) is 3.06. The standard InChI is InChI=1S/C19H29N3O3/c1-15(21(3)13-16-7-5-4-6-8-16)9-11-20-18(25)22-12-10-19(2,14-22)17(23)24/h4-8,15H,9-14H2,1-3H3,(H,20,25)(H,23,24). The molecule has 0 aliphatic carbocycles. The Morgan fingerprint density at radius 1 is 1.36 bits per heavy atom. The molecule has 1 heterocycles. The van der Waals surface area contributed by atoms with Crippen LogP contribution in [0.4, 0.5) is 4.79 Å². The lowest BCUT2D eigenvalue weighted by Crippen LogP contribution is -2.42. The number of carbonyl (C=O) groups is 2. The van der Waals surface area contributed by atoms with E-state index in [1.807, 2.05) is 18.2 Å². The van der Waals surface area contributed by atoms with Gasteiger partial charge >= 0.3 is 12.0 Å². The summed E-state index contributed by atoms with van der Waals surface area (Å²) in [5.74, 6) is -0.834. The molecular formula is C19H29N3O3. The maximum absolute atomic E-state index is 12.2. The highest BCUT2D eigenvalue weighted by molar-refractivity contribution is 5.79. The maximum atomic E-state index is 12.2. The van der Waals surface area contributed by atoms with Crippen molar-refractivity contribution in [3.63, 3.8) is 0 Å². The Morgan fingerprint density at radius 3 is 2.64 bits per heavy atom. The number of carboxylic acid groups (broad SMARTS) is 1. The average molecular weight is 347 g/mol. The molecule has 1 aliphatic rings. The van der Waals surface area contributed by atoms with Crippen molar-refractivity contribution in [1.82, 2.24) is 15.1 Å². The van der Waals surface area contributed by atoms with Crippen LogP contribution in [0.1, 0.15) is 32.3 Å². The van der Waals surface area contributed by atoms with Gasteiger partial charge in [-0.05, 0) is 39.3 Å². The molecule has 0 aromatic heterocycles. The maximum Gasteiger partial charge on any atom is 0.317 e. The summed E-state index contributed by atoms with van der Waals surface area (Å²) >= 11 is 0. The topological polar surface area (TPSA) is 72.9 Å². The van der Waals surface area contributed by atoms with Gasteiger partial charge in [-0.15, -0.1) is 0 Å². The monoisotopic (exact) mass is 347 g/mol. The predicted molar refractivity (Wildman–Crippen MR) is 97.3 cm³/mol. The van der Waals surface area contributed by atoms with Gasteiger partial charge in [-0.1, -0.05) is 30.3 Å². The summed E-state index contributed by atoms with van der Waals surface area (Å²) in [5, 5.41) is 12.2. The molecule has 2 unspecified atom stereocenters. The molecule has 138 valence electrons. The number of rotatable bonds is 7. The van der Waals surface area contributed by atoms with E-state index in [1.165, 1.54) is 5.56 Å². The number of carboxylic acids is 1. The van der Waals surface area contributed by atoms with Crippen LogP contribution in [0.5, 0.6) is 0 Å². The van der Waals surface area contributed by atoms with E-state index in [9.17, 15) is 14.7 Å². The number of urea groups is 1. The third-order valence-corrected chi connectivity index (χ3v) is 5.14. The van der Waals surface area contributed by atoms with Gasteiger partial charge in [-0.25, -0.2) is 4.79 Å². The number of benzene rings is 1. The Labute approximate surface area is 149 Å². The smallest absolute Gasteiger partial charge is 0.317 e. The molecule has 1 saturated heterocycles. The number of likely N-dealkylation sites (tertiary alicyclic amines) is 1. The molecule has 2 rings (SSSR count). The Morgan fingerprint density at radius 2 is 2.04 bits per heavy atom. The van der Waals surface area contributed by atoms with Gasteiger partial charge in [0.05, 0.1) is 5.41 Å². The fraction of sp³-hybridized carbons (Fsp3) is 0.579. The first-order chi connectivity index (χ1) is 11.8. The Bertz CT molecular complexity index is 593.